The standard InChI is InChI=1S/C26H32N2O4S/c1-2-32-23(29)15-9-10-16-26(31)24-22(19-33-26)27(17-20-11-5-3-6-12-20)25(30)28(24)18-21-13-7-4-8-14-21/h3-8,11-14,22,24,31H,2,9-10,15-19H2,1H3/t22-,24-,26?/m0/s1. The number of aliphatic hydroxyl groups is 1. The Morgan fingerprint density at radius 1 is 1.03 bits per heavy atom. The van der Waals surface area contributed by atoms with Gasteiger partial charge in [-0.05, 0) is 37.3 Å². The zero-order chi connectivity index (χ0) is 23.3. The van der Waals surface area contributed by atoms with Crippen LogP contribution in [-0.2, 0) is 22.6 Å². The number of fused-ring (bicyclic) bond motifs is 1. The number of hydrogen-bond acceptors (Lipinski definition) is 5. The van der Waals surface area contributed by atoms with Crippen molar-refractivity contribution in [1.29, 1.82) is 0 Å². The van der Waals surface area contributed by atoms with Crippen LogP contribution in [0, 0.1) is 0 Å². The van der Waals surface area contributed by atoms with Crippen molar-refractivity contribution in [2.24, 2.45) is 0 Å². The number of nitrogens with zero attached hydrogens (tertiary/aromatic N) is 2. The Morgan fingerprint density at radius 3 is 2.24 bits per heavy atom. The van der Waals surface area contributed by atoms with E-state index in [4.69, 9.17) is 4.74 Å². The fraction of sp³-hybridized carbons (Fsp3) is 0.462. The molecule has 0 aromatic heterocycles. The highest BCUT2D eigenvalue weighted by Crippen LogP contribution is 2.48. The molecule has 2 fully saturated rings. The van der Waals surface area contributed by atoms with E-state index in [0.29, 0.717) is 51.1 Å². The molecule has 2 amide bonds. The molecular weight excluding hydrogens is 436 g/mol. The quantitative estimate of drug-likeness (QED) is 0.318. The lowest BCUT2D eigenvalue weighted by molar-refractivity contribution is -0.143. The van der Waals surface area contributed by atoms with E-state index < -0.39 is 4.93 Å². The molecule has 0 radical (unpaired) electrons. The Balaban J connectivity index is 1.51. The van der Waals surface area contributed by atoms with Gasteiger partial charge in [0.25, 0.3) is 0 Å². The summed E-state index contributed by atoms with van der Waals surface area (Å²) in [5.41, 5.74) is 2.13. The Kier molecular flexibility index (Phi) is 7.60. The van der Waals surface area contributed by atoms with E-state index in [1.807, 2.05) is 70.5 Å². The third kappa shape index (κ3) is 5.36. The average Bonchev–Trinajstić information content (AvgIpc) is 3.29. The summed E-state index contributed by atoms with van der Waals surface area (Å²) in [5.74, 6) is 0.500. The van der Waals surface area contributed by atoms with Gasteiger partial charge in [0, 0.05) is 25.3 Å². The van der Waals surface area contributed by atoms with Crippen LogP contribution < -0.4 is 0 Å². The molecule has 6 nitrogen and oxygen atoms in total. The minimum Gasteiger partial charge on any atom is -0.466 e. The Bertz CT molecular complexity index is 942. The number of thioether (sulfide) groups is 1. The van der Waals surface area contributed by atoms with Crippen LogP contribution >= 0.6 is 11.8 Å². The van der Waals surface area contributed by atoms with Gasteiger partial charge in [-0.25, -0.2) is 4.79 Å². The molecule has 4 rings (SSSR count). The summed E-state index contributed by atoms with van der Waals surface area (Å²) in [6.45, 7) is 3.19. The van der Waals surface area contributed by atoms with E-state index in [2.05, 4.69) is 0 Å². The number of rotatable bonds is 10. The predicted octanol–water partition coefficient (Wildman–Crippen LogP) is 4.42. The fourth-order valence-electron chi connectivity index (χ4n) is 4.86. The topological polar surface area (TPSA) is 70.1 Å². The molecule has 0 aliphatic carbocycles. The maximum absolute atomic E-state index is 13.6. The fourth-order valence-corrected chi connectivity index (χ4v) is 6.42. The maximum atomic E-state index is 13.6. The molecule has 1 unspecified atom stereocenters. The molecule has 0 spiro atoms. The smallest absolute Gasteiger partial charge is 0.321 e. The minimum atomic E-state index is -1.03. The van der Waals surface area contributed by atoms with E-state index in [1.54, 1.807) is 18.7 Å². The number of ether oxygens (including phenoxy) is 1. The van der Waals surface area contributed by atoms with Gasteiger partial charge in [0.2, 0.25) is 0 Å². The molecular formula is C26H32N2O4S. The van der Waals surface area contributed by atoms with Crippen molar-refractivity contribution in [2.75, 3.05) is 12.4 Å². The largest absolute Gasteiger partial charge is 0.466 e. The summed E-state index contributed by atoms with van der Waals surface area (Å²) < 4.78 is 5.01. The van der Waals surface area contributed by atoms with Crippen molar-refractivity contribution in [2.45, 2.75) is 62.7 Å². The van der Waals surface area contributed by atoms with Crippen LogP contribution in [0.15, 0.2) is 60.7 Å². The van der Waals surface area contributed by atoms with Crippen LogP contribution in [0.25, 0.3) is 0 Å². The number of esters is 1. The highest BCUT2D eigenvalue weighted by atomic mass is 32.2. The third-order valence-electron chi connectivity index (χ3n) is 6.42. The second-order valence-electron chi connectivity index (χ2n) is 8.69. The number of carbonyl (C=O) groups excluding carboxylic acids is 2. The first-order chi connectivity index (χ1) is 16.0. The number of benzene rings is 2. The molecule has 33 heavy (non-hydrogen) atoms. The van der Waals surface area contributed by atoms with Crippen molar-refractivity contribution < 1.29 is 19.4 Å². The van der Waals surface area contributed by atoms with Crippen LogP contribution in [0.1, 0.15) is 43.7 Å². The summed E-state index contributed by atoms with van der Waals surface area (Å²) in [7, 11) is 0. The van der Waals surface area contributed by atoms with Crippen LogP contribution in [0.5, 0.6) is 0 Å². The van der Waals surface area contributed by atoms with E-state index in [-0.39, 0.29) is 24.1 Å². The van der Waals surface area contributed by atoms with Crippen LogP contribution in [-0.4, -0.2) is 56.3 Å². The molecule has 2 aromatic rings. The van der Waals surface area contributed by atoms with Gasteiger partial charge in [-0.15, -0.1) is 11.8 Å². The SMILES string of the molecule is CCOC(=O)CCCCC1(O)SC[C@H]2[C@@H]1N(Cc1ccccc1)C(=O)N2Cc1ccccc1. The van der Waals surface area contributed by atoms with Crippen molar-refractivity contribution in [3.63, 3.8) is 0 Å². The lowest BCUT2D eigenvalue weighted by atomic mass is 9.97. The van der Waals surface area contributed by atoms with Gasteiger partial charge in [-0.2, -0.15) is 0 Å². The highest BCUT2D eigenvalue weighted by molar-refractivity contribution is 8.00. The van der Waals surface area contributed by atoms with Gasteiger partial charge >= 0.3 is 12.0 Å². The van der Waals surface area contributed by atoms with Gasteiger partial charge in [0.15, 0.2) is 0 Å². The first-order valence-corrected chi connectivity index (χ1v) is 12.7. The Labute approximate surface area is 199 Å². The second kappa shape index (κ2) is 10.6. The Hall–Kier alpha value is -2.51. The minimum absolute atomic E-state index is 0.0250. The lowest BCUT2D eigenvalue weighted by Gasteiger charge is -2.34. The summed E-state index contributed by atoms with van der Waals surface area (Å²) in [4.78, 5) is 28.0. The van der Waals surface area contributed by atoms with Crippen molar-refractivity contribution in [3.8, 4) is 0 Å². The number of urea groups is 1. The molecule has 3 atom stereocenters. The van der Waals surface area contributed by atoms with Gasteiger partial charge in [-0.3, -0.25) is 4.79 Å². The molecule has 2 aliphatic rings. The van der Waals surface area contributed by atoms with Crippen LogP contribution in [0.2, 0.25) is 0 Å². The molecule has 2 aromatic carbocycles. The molecule has 2 saturated heterocycles. The first-order valence-electron chi connectivity index (χ1n) is 11.7. The van der Waals surface area contributed by atoms with Gasteiger partial charge in [0.1, 0.15) is 4.93 Å². The van der Waals surface area contributed by atoms with Crippen molar-refractivity contribution in [3.05, 3.63) is 71.8 Å². The third-order valence-corrected chi connectivity index (χ3v) is 7.87. The molecule has 0 saturated carbocycles. The normalized spacial score (nSPS) is 24.2. The van der Waals surface area contributed by atoms with Crippen molar-refractivity contribution >= 4 is 23.8 Å². The van der Waals surface area contributed by atoms with E-state index in [1.165, 1.54) is 0 Å². The highest BCUT2D eigenvalue weighted by Gasteiger charge is 2.59. The average molecular weight is 469 g/mol. The number of carbonyl (C=O) groups is 2. The van der Waals surface area contributed by atoms with Gasteiger partial charge in [0.05, 0.1) is 18.7 Å². The van der Waals surface area contributed by atoms with E-state index in [9.17, 15) is 14.7 Å². The van der Waals surface area contributed by atoms with Crippen LogP contribution in [0.4, 0.5) is 4.79 Å². The Morgan fingerprint density at radius 2 is 1.64 bits per heavy atom. The summed E-state index contributed by atoms with van der Waals surface area (Å²) in [5, 5.41) is 11.7. The molecule has 0 bridgehead atoms. The number of unbranched alkanes of at least 4 members (excludes halogenated alkanes) is 1. The predicted molar refractivity (Wildman–Crippen MR) is 129 cm³/mol. The zero-order valence-corrected chi connectivity index (χ0v) is 19.9. The monoisotopic (exact) mass is 468 g/mol. The molecule has 7 heteroatoms. The van der Waals surface area contributed by atoms with Crippen molar-refractivity contribution in [1.82, 2.24) is 9.80 Å². The van der Waals surface area contributed by atoms with Crippen LogP contribution in [0.3, 0.4) is 0 Å². The van der Waals surface area contributed by atoms with Gasteiger partial charge in [-0.1, -0.05) is 60.7 Å². The zero-order valence-electron chi connectivity index (χ0n) is 19.1. The first kappa shape index (κ1) is 23.6. The number of amides is 2. The molecule has 2 heterocycles. The van der Waals surface area contributed by atoms with E-state index >= 15 is 0 Å². The van der Waals surface area contributed by atoms with Gasteiger partial charge < -0.3 is 19.6 Å². The molecule has 1 N–H and O–H groups in total. The maximum Gasteiger partial charge on any atom is 0.321 e. The molecule has 2 aliphatic heterocycles. The summed E-state index contributed by atoms with van der Waals surface area (Å²) in [6, 6.07) is 19.6. The van der Waals surface area contributed by atoms with E-state index in [0.717, 1.165) is 11.1 Å². The summed E-state index contributed by atoms with van der Waals surface area (Å²) in [6.07, 6.45) is 2.27. The molecule has 176 valence electrons. The number of hydrogen-bond donors (Lipinski definition) is 1. The summed E-state index contributed by atoms with van der Waals surface area (Å²) >= 11 is 1.54. The second-order valence-corrected chi connectivity index (χ2v) is 10.0. The lowest BCUT2D eigenvalue weighted by Crippen LogP contribution is -2.48.